The summed E-state index contributed by atoms with van der Waals surface area (Å²) in [6.07, 6.45) is 0.906. The van der Waals surface area contributed by atoms with Crippen LogP contribution in [0.3, 0.4) is 0 Å². The highest BCUT2D eigenvalue weighted by molar-refractivity contribution is 7.15. The second-order valence-electron chi connectivity index (χ2n) is 8.24. The highest BCUT2D eigenvalue weighted by Crippen LogP contribution is 2.42. The van der Waals surface area contributed by atoms with E-state index >= 15 is 0 Å². The smallest absolute Gasteiger partial charge is 0.297 e. The van der Waals surface area contributed by atoms with Gasteiger partial charge in [-0.05, 0) is 36.2 Å². The summed E-state index contributed by atoms with van der Waals surface area (Å²) in [5, 5.41) is 10.3. The van der Waals surface area contributed by atoms with Gasteiger partial charge in [0.25, 0.3) is 5.91 Å². The molecule has 7 nitrogen and oxygen atoms in total. The average Bonchev–Trinajstić information content (AvgIpc) is 3.42. The van der Waals surface area contributed by atoms with Crippen LogP contribution in [-0.4, -0.2) is 22.7 Å². The van der Waals surface area contributed by atoms with Gasteiger partial charge >= 0.3 is 0 Å². The van der Waals surface area contributed by atoms with E-state index in [1.54, 1.807) is 24.3 Å². The van der Waals surface area contributed by atoms with Gasteiger partial charge < -0.3 is 9.15 Å². The summed E-state index contributed by atoms with van der Waals surface area (Å²) in [5.41, 5.74) is 1.27. The van der Waals surface area contributed by atoms with Gasteiger partial charge in [-0.1, -0.05) is 56.4 Å². The van der Waals surface area contributed by atoms with Crippen LogP contribution < -0.4 is 15.1 Å². The number of hydrogen-bond donors (Lipinski definition) is 0. The molecule has 0 unspecified atom stereocenters. The Morgan fingerprint density at radius 1 is 1.09 bits per heavy atom. The van der Waals surface area contributed by atoms with E-state index in [0.29, 0.717) is 28.3 Å². The molecular weight excluding hydrogens is 438 g/mol. The molecule has 33 heavy (non-hydrogen) atoms. The Labute approximate surface area is 194 Å². The molecule has 0 N–H and O–H groups in total. The van der Waals surface area contributed by atoms with Crippen LogP contribution in [0.15, 0.2) is 57.7 Å². The maximum absolute atomic E-state index is 13.6. The van der Waals surface area contributed by atoms with Crippen LogP contribution in [-0.2, 0) is 0 Å². The van der Waals surface area contributed by atoms with Crippen LogP contribution in [0, 0.1) is 0 Å². The summed E-state index contributed by atoms with van der Waals surface area (Å²) in [6.45, 7) is 6.71. The first kappa shape index (κ1) is 21.3. The topological polar surface area (TPSA) is 85.5 Å². The van der Waals surface area contributed by atoms with E-state index in [1.807, 2.05) is 45.0 Å². The van der Waals surface area contributed by atoms with Crippen LogP contribution >= 0.6 is 11.3 Å². The largest absolute Gasteiger partial charge is 0.494 e. The molecule has 2 aromatic carbocycles. The molecule has 1 aliphatic heterocycles. The SMILES string of the molecule is CCCOc1ccc([C@@H]2c3c(oc4ccccc4c3=O)C(=O)N2c2nnc(C(C)C)s2)cc1. The van der Waals surface area contributed by atoms with Crippen molar-refractivity contribution in [3.63, 3.8) is 0 Å². The molecule has 5 rings (SSSR count). The predicted molar refractivity (Wildman–Crippen MR) is 127 cm³/mol. The fraction of sp³-hybridized carbons (Fsp3) is 0.280. The van der Waals surface area contributed by atoms with Crippen LogP contribution in [0.5, 0.6) is 5.75 Å². The zero-order chi connectivity index (χ0) is 23.1. The number of carbonyl (C=O) groups is 1. The number of ether oxygens (including phenoxy) is 1. The van der Waals surface area contributed by atoms with Gasteiger partial charge in [0.05, 0.1) is 23.6 Å². The van der Waals surface area contributed by atoms with E-state index in [2.05, 4.69) is 10.2 Å². The minimum atomic E-state index is -0.665. The van der Waals surface area contributed by atoms with E-state index in [4.69, 9.17) is 9.15 Å². The van der Waals surface area contributed by atoms with Gasteiger partial charge in [-0.15, -0.1) is 10.2 Å². The molecule has 0 fully saturated rings. The third kappa shape index (κ3) is 3.60. The number of nitrogens with zero attached hydrogens (tertiary/aromatic N) is 3. The number of para-hydroxylation sites is 1. The maximum atomic E-state index is 13.6. The van der Waals surface area contributed by atoms with E-state index < -0.39 is 11.9 Å². The summed E-state index contributed by atoms with van der Waals surface area (Å²) < 4.78 is 11.7. The molecule has 0 aliphatic carbocycles. The van der Waals surface area contributed by atoms with Crippen molar-refractivity contribution in [2.75, 3.05) is 11.5 Å². The minimum absolute atomic E-state index is 0.0521. The third-order valence-corrected chi connectivity index (χ3v) is 6.80. The molecule has 0 saturated heterocycles. The van der Waals surface area contributed by atoms with Crippen molar-refractivity contribution in [2.24, 2.45) is 0 Å². The molecule has 0 spiro atoms. The Hall–Kier alpha value is -3.52. The zero-order valence-corrected chi connectivity index (χ0v) is 19.4. The summed E-state index contributed by atoms with van der Waals surface area (Å²) >= 11 is 1.35. The van der Waals surface area contributed by atoms with Gasteiger partial charge in [-0.25, -0.2) is 0 Å². The lowest BCUT2D eigenvalue weighted by atomic mass is 9.98. The first-order chi connectivity index (χ1) is 16.0. The minimum Gasteiger partial charge on any atom is -0.494 e. The van der Waals surface area contributed by atoms with E-state index in [1.165, 1.54) is 16.2 Å². The van der Waals surface area contributed by atoms with E-state index in [9.17, 15) is 9.59 Å². The van der Waals surface area contributed by atoms with Crippen LogP contribution in [0.25, 0.3) is 11.0 Å². The molecular formula is C25H23N3O4S. The Morgan fingerprint density at radius 2 is 1.85 bits per heavy atom. The van der Waals surface area contributed by atoms with Crippen molar-refractivity contribution in [1.29, 1.82) is 0 Å². The molecule has 4 aromatic rings. The molecule has 0 radical (unpaired) electrons. The second-order valence-corrected chi connectivity index (χ2v) is 9.23. The Morgan fingerprint density at radius 3 is 2.55 bits per heavy atom. The Kier molecular flexibility index (Phi) is 5.46. The number of amides is 1. The van der Waals surface area contributed by atoms with Crippen molar-refractivity contribution in [2.45, 2.75) is 39.2 Å². The summed E-state index contributed by atoms with van der Waals surface area (Å²) in [6, 6.07) is 13.8. The number of benzene rings is 2. The molecule has 0 bridgehead atoms. The molecule has 2 aromatic heterocycles. The first-order valence-electron chi connectivity index (χ1n) is 10.9. The molecule has 168 valence electrons. The highest BCUT2D eigenvalue weighted by atomic mass is 32.1. The number of hydrogen-bond acceptors (Lipinski definition) is 7. The first-order valence-corrected chi connectivity index (χ1v) is 11.8. The summed E-state index contributed by atoms with van der Waals surface area (Å²) in [7, 11) is 0. The normalized spacial score (nSPS) is 15.5. The molecule has 3 heterocycles. The van der Waals surface area contributed by atoms with Crippen molar-refractivity contribution in [3.05, 3.63) is 80.6 Å². The summed E-state index contributed by atoms with van der Waals surface area (Å²) in [4.78, 5) is 28.7. The highest BCUT2D eigenvalue weighted by Gasteiger charge is 2.45. The predicted octanol–water partition coefficient (Wildman–Crippen LogP) is 5.31. The third-order valence-electron chi connectivity index (χ3n) is 5.58. The zero-order valence-electron chi connectivity index (χ0n) is 18.6. The Bertz CT molecular complexity index is 1390. The Balaban J connectivity index is 1.69. The molecule has 1 amide bonds. The van der Waals surface area contributed by atoms with Gasteiger partial charge in [0.2, 0.25) is 10.9 Å². The second kappa shape index (κ2) is 8.44. The quantitative estimate of drug-likeness (QED) is 0.387. The molecule has 1 atom stereocenters. The van der Waals surface area contributed by atoms with Crippen molar-refractivity contribution >= 4 is 33.3 Å². The van der Waals surface area contributed by atoms with Gasteiger partial charge in [-0.2, -0.15) is 0 Å². The van der Waals surface area contributed by atoms with Crippen LogP contribution in [0.2, 0.25) is 0 Å². The molecule has 1 aliphatic rings. The molecule has 8 heteroatoms. The number of aromatic nitrogens is 2. The monoisotopic (exact) mass is 461 g/mol. The average molecular weight is 462 g/mol. The summed E-state index contributed by atoms with van der Waals surface area (Å²) in [5.74, 6) is 0.569. The number of carbonyl (C=O) groups excluding carboxylic acids is 1. The molecule has 0 saturated carbocycles. The van der Waals surface area contributed by atoms with Gasteiger partial charge in [0, 0.05) is 5.92 Å². The lowest BCUT2D eigenvalue weighted by Crippen LogP contribution is -2.29. The van der Waals surface area contributed by atoms with Crippen LogP contribution in [0.4, 0.5) is 5.13 Å². The van der Waals surface area contributed by atoms with Crippen molar-refractivity contribution < 1.29 is 13.9 Å². The number of fused-ring (bicyclic) bond motifs is 2. The van der Waals surface area contributed by atoms with Crippen molar-refractivity contribution in [1.82, 2.24) is 10.2 Å². The number of rotatable bonds is 6. The fourth-order valence-corrected chi connectivity index (χ4v) is 4.83. The number of anilines is 1. The lowest BCUT2D eigenvalue weighted by molar-refractivity contribution is 0.0970. The van der Waals surface area contributed by atoms with Gasteiger partial charge in [-0.3, -0.25) is 14.5 Å². The van der Waals surface area contributed by atoms with Crippen molar-refractivity contribution in [3.8, 4) is 5.75 Å². The van der Waals surface area contributed by atoms with E-state index in [-0.39, 0.29) is 17.1 Å². The maximum Gasteiger partial charge on any atom is 0.297 e. The van der Waals surface area contributed by atoms with E-state index in [0.717, 1.165) is 22.7 Å². The van der Waals surface area contributed by atoms with Gasteiger partial charge in [0.1, 0.15) is 16.3 Å². The standard InChI is InChI=1S/C25H23N3O4S/c1-4-13-31-16-11-9-15(10-12-16)20-19-21(29)17-7-5-6-8-18(17)32-22(19)24(30)28(20)25-27-26-23(33-25)14(2)3/h5-12,14,20H,4,13H2,1-3H3/t20-/m1/s1. The van der Waals surface area contributed by atoms with Crippen LogP contribution in [0.1, 0.15) is 65.8 Å². The fourth-order valence-electron chi connectivity index (χ4n) is 3.96. The van der Waals surface area contributed by atoms with Gasteiger partial charge in [0.15, 0.2) is 5.43 Å². The lowest BCUT2D eigenvalue weighted by Gasteiger charge is -2.22.